The third-order valence-corrected chi connectivity index (χ3v) is 5.42. The number of rotatable bonds is 4. The maximum atomic E-state index is 14.3. The van der Waals surface area contributed by atoms with Crippen molar-refractivity contribution in [3.8, 4) is 5.69 Å². The van der Waals surface area contributed by atoms with Crippen molar-refractivity contribution >= 4 is 5.91 Å². The van der Waals surface area contributed by atoms with E-state index in [1.54, 1.807) is 26.0 Å². The van der Waals surface area contributed by atoms with Gasteiger partial charge in [0.05, 0.1) is 0 Å². The maximum absolute atomic E-state index is 14.3. The van der Waals surface area contributed by atoms with Crippen molar-refractivity contribution in [1.82, 2.24) is 25.2 Å². The van der Waals surface area contributed by atoms with Crippen molar-refractivity contribution in [2.75, 3.05) is 0 Å². The second-order valence-corrected chi connectivity index (χ2v) is 7.60. The van der Waals surface area contributed by atoms with Crippen LogP contribution in [-0.4, -0.2) is 25.8 Å². The van der Waals surface area contributed by atoms with E-state index in [0.29, 0.717) is 30.3 Å². The lowest BCUT2D eigenvalue weighted by Crippen LogP contribution is -2.49. The fourth-order valence-corrected chi connectivity index (χ4v) is 3.90. The highest BCUT2D eigenvalue weighted by atomic mass is 19.1. The van der Waals surface area contributed by atoms with Crippen molar-refractivity contribution in [1.29, 1.82) is 0 Å². The Morgan fingerprint density at radius 3 is 2.60 bits per heavy atom. The minimum Gasteiger partial charge on any atom is -0.340 e. The van der Waals surface area contributed by atoms with Crippen LogP contribution in [0.5, 0.6) is 0 Å². The second kappa shape index (κ2) is 7.81. The first kappa shape index (κ1) is 19.9. The summed E-state index contributed by atoms with van der Waals surface area (Å²) in [5, 5.41) is 11.1. The minimum absolute atomic E-state index is 0.158. The van der Waals surface area contributed by atoms with Gasteiger partial charge in [0, 0.05) is 18.7 Å². The number of nitrogens with one attached hydrogen (secondary N) is 1. The van der Waals surface area contributed by atoms with Crippen LogP contribution in [0.1, 0.15) is 60.0 Å². The van der Waals surface area contributed by atoms with Crippen molar-refractivity contribution in [3.05, 3.63) is 69.5 Å². The molecule has 156 valence electrons. The lowest BCUT2D eigenvalue weighted by Gasteiger charge is -2.35. The zero-order valence-corrected chi connectivity index (χ0v) is 16.8. The Balaban J connectivity index is 1.73. The fourth-order valence-electron chi connectivity index (χ4n) is 3.90. The standard InChI is InChI=1S/C21H22FN5O3/c1-13-12-17(28)18(25-27(13)16-9-5-4-8-15(16)22)19(29)24-21(10-6-3-7-11-21)20-23-14(2)30-26-20/h4-5,8-9,12H,3,6-7,10-11H2,1-2H3,(H,24,29). The molecule has 9 heteroatoms. The molecule has 1 fully saturated rings. The summed E-state index contributed by atoms with van der Waals surface area (Å²) in [5.74, 6) is -0.349. The van der Waals surface area contributed by atoms with E-state index >= 15 is 0 Å². The Kier molecular flexibility index (Phi) is 5.19. The van der Waals surface area contributed by atoms with Gasteiger partial charge in [-0.2, -0.15) is 10.1 Å². The molecule has 3 aromatic rings. The fraction of sp³-hybridized carbons (Fsp3) is 0.381. The van der Waals surface area contributed by atoms with Crippen LogP contribution in [0, 0.1) is 19.7 Å². The van der Waals surface area contributed by atoms with E-state index in [9.17, 15) is 14.0 Å². The number of para-hydroxylation sites is 1. The van der Waals surface area contributed by atoms with E-state index < -0.39 is 22.7 Å². The summed E-state index contributed by atoms with van der Waals surface area (Å²) in [7, 11) is 0. The molecule has 2 aromatic heterocycles. The van der Waals surface area contributed by atoms with Crippen molar-refractivity contribution in [3.63, 3.8) is 0 Å². The lowest BCUT2D eigenvalue weighted by molar-refractivity contribution is 0.0847. The Bertz CT molecular complexity index is 1150. The van der Waals surface area contributed by atoms with Crippen LogP contribution in [0.15, 0.2) is 39.6 Å². The van der Waals surface area contributed by atoms with Gasteiger partial charge in [-0.15, -0.1) is 0 Å². The highest BCUT2D eigenvalue weighted by Gasteiger charge is 2.40. The van der Waals surface area contributed by atoms with Gasteiger partial charge >= 0.3 is 0 Å². The van der Waals surface area contributed by atoms with Gasteiger partial charge in [0.25, 0.3) is 5.91 Å². The van der Waals surface area contributed by atoms with Gasteiger partial charge in [0.1, 0.15) is 17.0 Å². The number of carbonyl (C=O) groups is 1. The van der Waals surface area contributed by atoms with Gasteiger partial charge in [-0.05, 0) is 31.9 Å². The number of halogens is 1. The first-order chi connectivity index (χ1) is 14.4. The van der Waals surface area contributed by atoms with Gasteiger partial charge in [0.15, 0.2) is 11.5 Å². The Labute approximate surface area is 172 Å². The predicted octanol–water partition coefficient (Wildman–Crippen LogP) is 2.96. The minimum atomic E-state index is -0.824. The van der Waals surface area contributed by atoms with Crippen LogP contribution in [-0.2, 0) is 5.54 Å². The molecule has 0 radical (unpaired) electrons. The number of hydrogen-bond donors (Lipinski definition) is 1. The van der Waals surface area contributed by atoms with E-state index in [1.165, 1.54) is 22.9 Å². The highest BCUT2D eigenvalue weighted by Crippen LogP contribution is 2.35. The average Bonchev–Trinajstić information content (AvgIpc) is 3.16. The van der Waals surface area contributed by atoms with Gasteiger partial charge in [-0.1, -0.05) is 36.6 Å². The molecule has 0 bridgehead atoms. The number of nitrogens with zero attached hydrogens (tertiary/aromatic N) is 4. The summed E-state index contributed by atoms with van der Waals surface area (Å²) in [4.78, 5) is 30.0. The molecule has 0 aliphatic heterocycles. The van der Waals surface area contributed by atoms with Gasteiger partial charge in [0.2, 0.25) is 11.3 Å². The van der Waals surface area contributed by atoms with E-state index in [4.69, 9.17) is 4.52 Å². The summed E-state index contributed by atoms with van der Waals surface area (Å²) in [6, 6.07) is 7.33. The smallest absolute Gasteiger partial charge is 0.276 e. The van der Waals surface area contributed by atoms with Crippen LogP contribution in [0.4, 0.5) is 4.39 Å². The molecule has 1 aliphatic rings. The molecule has 0 unspecified atom stereocenters. The van der Waals surface area contributed by atoms with Crippen LogP contribution < -0.4 is 10.7 Å². The molecule has 1 aromatic carbocycles. The number of amides is 1. The number of carbonyl (C=O) groups excluding carboxylic acids is 1. The Morgan fingerprint density at radius 2 is 1.93 bits per heavy atom. The number of aromatic nitrogens is 4. The van der Waals surface area contributed by atoms with E-state index in [2.05, 4.69) is 20.6 Å². The SMILES string of the molecule is Cc1nc(C2(NC(=O)c3nn(-c4ccccc4F)c(C)cc3=O)CCCCC2)no1. The van der Waals surface area contributed by atoms with E-state index in [0.717, 1.165) is 19.3 Å². The quantitative estimate of drug-likeness (QED) is 0.708. The third-order valence-electron chi connectivity index (χ3n) is 5.42. The molecule has 2 heterocycles. The molecule has 30 heavy (non-hydrogen) atoms. The van der Waals surface area contributed by atoms with Crippen molar-refractivity contribution in [2.24, 2.45) is 0 Å². The van der Waals surface area contributed by atoms with Crippen molar-refractivity contribution in [2.45, 2.75) is 51.5 Å². The van der Waals surface area contributed by atoms with Crippen molar-refractivity contribution < 1.29 is 13.7 Å². The summed E-state index contributed by atoms with van der Waals surface area (Å²) < 4.78 is 20.7. The molecule has 1 saturated carbocycles. The van der Waals surface area contributed by atoms with Crippen LogP contribution in [0.3, 0.4) is 0 Å². The molecule has 1 amide bonds. The van der Waals surface area contributed by atoms with Crippen LogP contribution in [0.25, 0.3) is 5.69 Å². The summed E-state index contributed by atoms with van der Waals surface area (Å²) in [6.07, 6.45) is 4.07. The topological polar surface area (TPSA) is 103 Å². The second-order valence-electron chi connectivity index (χ2n) is 7.60. The Hall–Kier alpha value is -3.36. The zero-order chi connectivity index (χ0) is 21.3. The molecule has 0 saturated heterocycles. The first-order valence-electron chi connectivity index (χ1n) is 9.89. The summed E-state index contributed by atoms with van der Waals surface area (Å²) >= 11 is 0. The molecule has 8 nitrogen and oxygen atoms in total. The molecular weight excluding hydrogens is 389 g/mol. The highest BCUT2D eigenvalue weighted by molar-refractivity contribution is 5.92. The molecule has 4 rings (SSSR count). The van der Waals surface area contributed by atoms with E-state index in [1.807, 2.05) is 0 Å². The zero-order valence-electron chi connectivity index (χ0n) is 16.8. The largest absolute Gasteiger partial charge is 0.340 e. The third kappa shape index (κ3) is 3.62. The summed E-state index contributed by atoms with van der Waals surface area (Å²) in [5.41, 5.74) is -1.09. The molecule has 0 atom stereocenters. The molecule has 1 N–H and O–H groups in total. The number of aryl methyl sites for hydroxylation is 2. The number of hydrogen-bond acceptors (Lipinski definition) is 6. The average molecular weight is 411 g/mol. The van der Waals surface area contributed by atoms with Crippen LogP contribution in [0.2, 0.25) is 0 Å². The summed E-state index contributed by atoms with van der Waals surface area (Å²) in [6.45, 7) is 3.32. The first-order valence-corrected chi connectivity index (χ1v) is 9.89. The Morgan fingerprint density at radius 1 is 1.20 bits per heavy atom. The molecular formula is C21H22FN5O3. The van der Waals surface area contributed by atoms with Crippen LogP contribution >= 0.6 is 0 Å². The predicted molar refractivity (Wildman–Crippen MR) is 106 cm³/mol. The normalized spacial score (nSPS) is 15.7. The monoisotopic (exact) mass is 411 g/mol. The maximum Gasteiger partial charge on any atom is 0.276 e. The van der Waals surface area contributed by atoms with Gasteiger partial charge in [-0.3, -0.25) is 9.59 Å². The number of benzene rings is 1. The molecule has 1 aliphatic carbocycles. The van der Waals surface area contributed by atoms with Gasteiger partial charge in [-0.25, -0.2) is 9.07 Å². The van der Waals surface area contributed by atoms with Gasteiger partial charge < -0.3 is 9.84 Å². The molecule has 0 spiro atoms. The van der Waals surface area contributed by atoms with E-state index in [-0.39, 0.29) is 11.4 Å². The lowest BCUT2D eigenvalue weighted by atomic mass is 9.81.